The third kappa shape index (κ3) is 5.03. The van der Waals surface area contributed by atoms with E-state index in [0.29, 0.717) is 30.5 Å². The maximum absolute atomic E-state index is 11.5. The smallest absolute Gasteiger partial charge is 0.224 e. The van der Waals surface area contributed by atoms with Crippen LogP contribution in [0.25, 0.3) is 21.8 Å². The molecule has 0 saturated carbocycles. The summed E-state index contributed by atoms with van der Waals surface area (Å²) in [7, 11) is 1.62. The Morgan fingerprint density at radius 1 is 1.09 bits per heavy atom. The summed E-state index contributed by atoms with van der Waals surface area (Å²) >= 11 is 0. The van der Waals surface area contributed by atoms with Crippen LogP contribution in [-0.4, -0.2) is 39.5 Å². The second-order valence-corrected chi connectivity index (χ2v) is 8.29. The van der Waals surface area contributed by atoms with E-state index in [9.17, 15) is 4.79 Å². The van der Waals surface area contributed by atoms with Crippen molar-refractivity contribution in [2.24, 2.45) is 0 Å². The van der Waals surface area contributed by atoms with E-state index in [0.717, 1.165) is 34.2 Å². The van der Waals surface area contributed by atoms with Crippen molar-refractivity contribution in [2.75, 3.05) is 29.6 Å². The molecule has 0 atom stereocenters. The van der Waals surface area contributed by atoms with Crippen LogP contribution in [0, 0.1) is 0 Å². The van der Waals surface area contributed by atoms with Crippen molar-refractivity contribution >= 4 is 45.2 Å². The average molecular weight is 470 g/mol. The standard InChI is InChI=1S/C26H27N7O2/c1-16(34)32-20-12-21-19(15-31-25(21)23(13-20)35-2)6-9-28-26-29-10-7-24(33-26)30-14-17-3-4-22-18(11-17)5-8-27-22/h3-5,7-8,10-13,15,27,31H,6,9,14H2,1-2H3,(H,32,34)(H2,28,29,30,33). The maximum Gasteiger partial charge on any atom is 0.224 e. The molecule has 0 saturated heterocycles. The number of nitrogens with one attached hydrogen (secondary N) is 5. The van der Waals surface area contributed by atoms with Gasteiger partial charge in [-0.25, -0.2) is 4.98 Å². The van der Waals surface area contributed by atoms with Gasteiger partial charge in [0.1, 0.15) is 11.6 Å². The van der Waals surface area contributed by atoms with Crippen LogP contribution < -0.4 is 20.7 Å². The molecule has 2 aromatic carbocycles. The van der Waals surface area contributed by atoms with Crippen molar-refractivity contribution in [3.8, 4) is 5.75 Å². The molecule has 0 bridgehead atoms. The number of nitrogens with zero attached hydrogens (tertiary/aromatic N) is 2. The second-order valence-electron chi connectivity index (χ2n) is 8.29. The van der Waals surface area contributed by atoms with E-state index in [2.05, 4.69) is 60.2 Å². The molecule has 178 valence electrons. The number of carbonyl (C=O) groups is 1. The van der Waals surface area contributed by atoms with Gasteiger partial charge in [0.2, 0.25) is 11.9 Å². The van der Waals surface area contributed by atoms with Crippen LogP contribution in [0.4, 0.5) is 17.5 Å². The number of hydrogen-bond acceptors (Lipinski definition) is 6. The lowest BCUT2D eigenvalue weighted by atomic mass is 10.1. The zero-order valence-corrected chi connectivity index (χ0v) is 19.6. The van der Waals surface area contributed by atoms with Gasteiger partial charge in [0.15, 0.2) is 0 Å². The quantitative estimate of drug-likeness (QED) is 0.214. The number of H-pyrrole nitrogens is 2. The zero-order valence-electron chi connectivity index (χ0n) is 19.6. The second kappa shape index (κ2) is 9.76. The molecular weight excluding hydrogens is 442 g/mol. The molecule has 0 spiro atoms. The van der Waals surface area contributed by atoms with Crippen molar-refractivity contribution in [3.05, 3.63) is 72.2 Å². The lowest BCUT2D eigenvalue weighted by Gasteiger charge is -2.10. The molecule has 0 aliphatic carbocycles. The maximum atomic E-state index is 11.5. The molecule has 9 heteroatoms. The first-order chi connectivity index (χ1) is 17.1. The number of fused-ring (bicyclic) bond motifs is 2. The van der Waals surface area contributed by atoms with Crippen molar-refractivity contribution in [1.29, 1.82) is 0 Å². The van der Waals surface area contributed by atoms with Gasteiger partial charge in [0, 0.05) is 61.3 Å². The van der Waals surface area contributed by atoms with Crippen molar-refractivity contribution in [3.63, 3.8) is 0 Å². The molecule has 3 heterocycles. The number of aromatic amines is 2. The number of hydrogen-bond donors (Lipinski definition) is 5. The normalized spacial score (nSPS) is 11.0. The van der Waals surface area contributed by atoms with Crippen LogP contribution in [0.5, 0.6) is 5.75 Å². The molecule has 5 rings (SSSR count). The number of amides is 1. The molecule has 0 aliphatic rings. The van der Waals surface area contributed by atoms with Gasteiger partial charge in [0.25, 0.3) is 0 Å². The summed E-state index contributed by atoms with van der Waals surface area (Å²) in [6.45, 7) is 2.81. The van der Waals surface area contributed by atoms with Crippen LogP contribution in [0.2, 0.25) is 0 Å². The number of anilines is 3. The summed E-state index contributed by atoms with van der Waals surface area (Å²) in [6.07, 6.45) is 6.39. The molecular formula is C26H27N7O2. The minimum Gasteiger partial charge on any atom is -0.494 e. The Bertz CT molecular complexity index is 1490. The molecule has 0 fully saturated rings. The van der Waals surface area contributed by atoms with E-state index in [-0.39, 0.29) is 5.91 Å². The number of ether oxygens (including phenoxy) is 1. The fraction of sp³-hybridized carbons (Fsp3) is 0.192. The van der Waals surface area contributed by atoms with Gasteiger partial charge in [-0.2, -0.15) is 4.98 Å². The molecule has 35 heavy (non-hydrogen) atoms. The molecule has 1 amide bonds. The Kier molecular flexibility index (Phi) is 6.21. The first kappa shape index (κ1) is 22.3. The summed E-state index contributed by atoms with van der Waals surface area (Å²) in [5.41, 5.74) is 5.01. The molecule has 9 nitrogen and oxygen atoms in total. The summed E-state index contributed by atoms with van der Waals surface area (Å²) in [5.74, 6) is 1.88. The highest BCUT2D eigenvalue weighted by Gasteiger charge is 2.11. The first-order valence-corrected chi connectivity index (χ1v) is 11.4. The fourth-order valence-electron chi connectivity index (χ4n) is 4.15. The number of aromatic nitrogens is 4. The van der Waals surface area contributed by atoms with Gasteiger partial charge in [-0.3, -0.25) is 4.79 Å². The Labute approximate surface area is 202 Å². The van der Waals surface area contributed by atoms with Gasteiger partial charge in [-0.15, -0.1) is 0 Å². The first-order valence-electron chi connectivity index (χ1n) is 11.4. The largest absolute Gasteiger partial charge is 0.494 e. The highest BCUT2D eigenvalue weighted by atomic mass is 16.5. The highest BCUT2D eigenvalue weighted by molar-refractivity contribution is 5.96. The molecule has 0 aliphatic heterocycles. The Morgan fingerprint density at radius 2 is 2.00 bits per heavy atom. The van der Waals surface area contributed by atoms with Gasteiger partial charge in [-0.05, 0) is 53.3 Å². The van der Waals surface area contributed by atoms with E-state index in [4.69, 9.17) is 4.74 Å². The van der Waals surface area contributed by atoms with Crippen LogP contribution in [-0.2, 0) is 17.8 Å². The minimum atomic E-state index is -0.124. The average Bonchev–Trinajstić information content (AvgIpc) is 3.49. The highest BCUT2D eigenvalue weighted by Crippen LogP contribution is 2.31. The van der Waals surface area contributed by atoms with Crippen LogP contribution in [0.1, 0.15) is 18.1 Å². The van der Waals surface area contributed by atoms with Crippen molar-refractivity contribution in [1.82, 2.24) is 19.9 Å². The van der Waals surface area contributed by atoms with Gasteiger partial charge in [-0.1, -0.05) is 6.07 Å². The Balaban J connectivity index is 1.22. The predicted octanol–water partition coefficient (Wildman–Crippen LogP) is 4.67. The lowest BCUT2D eigenvalue weighted by molar-refractivity contribution is -0.114. The van der Waals surface area contributed by atoms with Gasteiger partial charge >= 0.3 is 0 Å². The zero-order chi connectivity index (χ0) is 24.2. The third-order valence-electron chi connectivity index (χ3n) is 5.80. The van der Waals surface area contributed by atoms with E-state index < -0.39 is 0 Å². The number of benzene rings is 2. The van der Waals surface area contributed by atoms with Crippen LogP contribution in [0.3, 0.4) is 0 Å². The van der Waals surface area contributed by atoms with Crippen molar-refractivity contribution in [2.45, 2.75) is 19.9 Å². The van der Waals surface area contributed by atoms with Gasteiger partial charge < -0.3 is 30.7 Å². The van der Waals surface area contributed by atoms with Crippen LogP contribution >= 0.6 is 0 Å². The molecule has 5 N–H and O–H groups in total. The minimum absolute atomic E-state index is 0.124. The third-order valence-corrected chi connectivity index (χ3v) is 5.80. The summed E-state index contributed by atoms with van der Waals surface area (Å²) in [5, 5.41) is 11.7. The molecule has 5 aromatic rings. The number of carbonyl (C=O) groups excluding carboxylic acids is 1. The molecule has 3 aromatic heterocycles. The number of methoxy groups -OCH3 is 1. The lowest BCUT2D eigenvalue weighted by Crippen LogP contribution is -2.09. The Hall–Kier alpha value is -4.53. The summed E-state index contributed by atoms with van der Waals surface area (Å²) < 4.78 is 5.50. The fourth-order valence-corrected chi connectivity index (χ4v) is 4.15. The molecule has 0 radical (unpaired) electrons. The van der Waals surface area contributed by atoms with Crippen LogP contribution in [0.15, 0.2) is 61.1 Å². The van der Waals surface area contributed by atoms with E-state index in [1.54, 1.807) is 13.3 Å². The summed E-state index contributed by atoms with van der Waals surface area (Å²) in [6, 6.07) is 14.0. The monoisotopic (exact) mass is 469 g/mol. The van der Waals surface area contributed by atoms with Crippen molar-refractivity contribution < 1.29 is 9.53 Å². The SMILES string of the molecule is COc1cc(NC(C)=O)cc2c(CCNc3nccc(NCc4ccc5[nH]ccc5c4)n3)c[nH]c12. The Morgan fingerprint density at radius 3 is 2.86 bits per heavy atom. The predicted molar refractivity (Wildman–Crippen MR) is 139 cm³/mol. The van der Waals surface area contributed by atoms with E-state index in [1.165, 1.54) is 17.9 Å². The number of rotatable bonds is 9. The summed E-state index contributed by atoms with van der Waals surface area (Å²) in [4.78, 5) is 26.9. The topological polar surface area (TPSA) is 120 Å². The van der Waals surface area contributed by atoms with E-state index >= 15 is 0 Å². The van der Waals surface area contributed by atoms with Gasteiger partial charge in [0.05, 0.1) is 12.6 Å². The van der Waals surface area contributed by atoms with E-state index in [1.807, 2.05) is 30.6 Å². The molecule has 0 unspecified atom stereocenters.